The fourth-order valence-corrected chi connectivity index (χ4v) is 6.41. The number of unbranched alkanes of at least 4 members (excludes halogenated alkanes) is 30. The molecule has 0 saturated carbocycles. The van der Waals surface area contributed by atoms with Gasteiger partial charge in [-0.3, -0.25) is 9.59 Å². The summed E-state index contributed by atoms with van der Waals surface area (Å²) in [6.45, 7) is 4.56. The van der Waals surface area contributed by atoms with Crippen LogP contribution < -0.4 is 0 Å². The third-order valence-corrected chi connectivity index (χ3v) is 9.64. The summed E-state index contributed by atoms with van der Waals surface area (Å²) in [6.07, 6.45) is 54.6. The highest BCUT2D eigenvalue weighted by Gasteiger charge is 2.12. The fourth-order valence-electron chi connectivity index (χ4n) is 6.41. The van der Waals surface area contributed by atoms with Gasteiger partial charge in [0, 0.05) is 12.8 Å². The van der Waals surface area contributed by atoms with Crippen LogP contribution in [0.2, 0.25) is 0 Å². The maximum absolute atomic E-state index is 12.2. The lowest BCUT2D eigenvalue weighted by Gasteiger charge is -2.04. The van der Waals surface area contributed by atoms with Gasteiger partial charge < -0.3 is 0 Å². The molecular formula is C44H82O2. The van der Waals surface area contributed by atoms with Crippen molar-refractivity contribution in [1.82, 2.24) is 0 Å². The van der Waals surface area contributed by atoms with Gasteiger partial charge in [0.2, 0.25) is 0 Å². The third-order valence-electron chi connectivity index (χ3n) is 9.64. The lowest BCUT2D eigenvalue weighted by Crippen LogP contribution is -2.13. The van der Waals surface area contributed by atoms with Crippen molar-refractivity contribution < 1.29 is 9.59 Å². The second-order valence-corrected chi connectivity index (χ2v) is 14.3. The molecule has 0 unspecified atom stereocenters. The minimum atomic E-state index is -0.113. The molecule has 0 heterocycles. The van der Waals surface area contributed by atoms with Crippen molar-refractivity contribution in [3.8, 4) is 0 Å². The van der Waals surface area contributed by atoms with Gasteiger partial charge in [-0.2, -0.15) is 0 Å². The van der Waals surface area contributed by atoms with Crippen LogP contribution in [0.3, 0.4) is 0 Å². The molecule has 0 amide bonds. The van der Waals surface area contributed by atoms with Crippen molar-refractivity contribution in [2.24, 2.45) is 0 Å². The van der Waals surface area contributed by atoms with Crippen molar-refractivity contribution >= 4 is 11.6 Å². The summed E-state index contributed by atoms with van der Waals surface area (Å²) in [6, 6.07) is 0. The van der Waals surface area contributed by atoms with E-state index in [1.54, 1.807) is 0 Å². The van der Waals surface area contributed by atoms with Gasteiger partial charge in [0.25, 0.3) is 0 Å². The average molecular weight is 643 g/mol. The number of carbonyl (C=O) groups excluding carboxylic acids is 2. The molecule has 0 bridgehead atoms. The highest BCUT2D eigenvalue weighted by atomic mass is 16.2. The highest BCUT2D eigenvalue weighted by Crippen LogP contribution is 2.15. The standard InChI is InChI=1S/C44H82O2/c1-3-5-7-9-11-13-15-17-19-21-23-25-27-29-31-33-35-37-39-41-43(45)44(46)42-40-38-36-34-32-30-28-26-24-22-20-18-16-14-12-10-8-6-4-2/h17-20H,3-16,21-42H2,1-2H3. The zero-order valence-electron chi connectivity index (χ0n) is 31.6. The summed E-state index contributed by atoms with van der Waals surface area (Å²) in [5.41, 5.74) is 0. The van der Waals surface area contributed by atoms with Gasteiger partial charge in [-0.05, 0) is 64.2 Å². The van der Waals surface area contributed by atoms with Crippen molar-refractivity contribution in [2.75, 3.05) is 0 Å². The van der Waals surface area contributed by atoms with E-state index in [4.69, 9.17) is 0 Å². The molecule has 270 valence electrons. The molecule has 0 aliphatic carbocycles. The van der Waals surface area contributed by atoms with Gasteiger partial charge in [0.15, 0.2) is 11.6 Å². The normalized spacial score (nSPS) is 11.8. The van der Waals surface area contributed by atoms with Crippen LogP contribution in [-0.2, 0) is 9.59 Å². The number of hydrogen-bond acceptors (Lipinski definition) is 2. The zero-order valence-corrected chi connectivity index (χ0v) is 31.6. The first-order chi connectivity index (χ1) is 22.7. The van der Waals surface area contributed by atoms with Gasteiger partial charge in [-0.25, -0.2) is 0 Å². The quantitative estimate of drug-likeness (QED) is 0.0380. The molecule has 0 rings (SSSR count). The second-order valence-electron chi connectivity index (χ2n) is 14.3. The van der Waals surface area contributed by atoms with E-state index in [1.807, 2.05) is 0 Å². The van der Waals surface area contributed by atoms with E-state index >= 15 is 0 Å². The van der Waals surface area contributed by atoms with E-state index in [9.17, 15) is 9.59 Å². The van der Waals surface area contributed by atoms with Crippen molar-refractivity contribution in [2.45, 2.75) is 245 Å². The van der Waals surface area contributed by atoms with E-state index in [0.29, 0.717) is 12.8 Å². The average Bonchev–Trinajstić information content (AvgIpc) is 3.06. The molecule has 46 heavy (non-hydrogen) atoms. The monoisotopic (exact) mass is 643 g/mol. The molecule has 0 aromatic heterocycles. The molecule has 0 spiro atoms. The Bertz CT molecular complexity index is 617. The van der Waals surface area contributed by atoms with Crippen molar-refractivity contribution in [3.05, 3.63) is 24.3 Å². The Hall–Kier alpha value is -1.18. The first-order valence-electron chi connectivity index (χ1n) is 21.1. The molecule has 0 aliphatic rings. The molecular weight excluding hydrogens is 560 g/mol. The maximum Gasteiger partial charge on any atom is 0.198 e. The molecule has 2 heteroatoms. The summed E-state index contributed by atoms with van der Waals surface area (Å²) in [7, 11) is 0. The summed E-state index contributed by atoms with van der Waals surface area (Å²) in [4.78, 5) is 24.4. The molecule has 0 aromatic carbocycles. The Labute approximate surface area is 289 Å². The number of allylic oxidation sites excluding steroid dienone is 4. The number of hydrogen-bond donors (Lipinski definition) is 0. The maximum atomic E-state index is 12.2. The largest absolute Gasteiger partial charge is 0.291 e. The van der Waals surface area contributed by atoms with Crippen LogP contribution in [0.25, 0.3) is 0 Å². The van der Waals surface area contributed by atoms with E-state index in [1.165, 1.54) is 193 Å². The third kappa shape index (κ3) is 37.3. The van der Waals surface area contributed by atoms with Crippen LogP contribution in [0.1, 0.15) is 245 Å². The van der Waals surface area contributed by atoms with Gasteiger partial charge in [0.1, 0.15) is 0 Å². The lowest BCUT2D eigenvalue weighted by molar-refractivity contribution is -0.136. The Morgan fingerprint density at radius 3 is 0.717 bits per heavy atom. The first kappa shape index (κ1) is 44.8. The minimum Gasteiger partial charge on any atom is -0.291 e. The summed E-state index contributed by atoms with van der Waals surface area (Å²) < 4.78 is 0. The molecule has 0 atom stereocenters. The van der Waals surface area contributed by atoms with E-state index in [0.717, 1.165) is 25.7 Å². The molecule has 2 nitrogen and oxygen atoms in total. The van der Waals surface area contributed by atoms with Gasteiger partial charge in [-0.15, -0.1) is 0 Å². The second kappa shape index (κ2) is 40.0. The lowest BCUT2D eigenvalue weighted by atomic mass is 10.0. The molecule has 0 saturated heterocycles. The van der Waals surface area contributed by atoms with Gasteiger partial charge >= 0.3 is 0 Å². The minimum absolute atomic E-state index is 0.113. The van der Waals surface area contributed by atoms with Crippen molar-refractivity contribution in [1.29, 1.82) is 0 Å². The number of carbonyl (C=O) groups is 2. The van der Waals surface area contributed by atoms with Gasteiger partial charge in [0.05, 0.1) is 0 Å². The highest BCUT2D eigenvalue weighted by molar-refractivity contribution is 6.37. The van der Waals surface area contributed by atoms with E-state index in [-0.39, 0.29) is 11.6 Å². The molecule has 0 N–H and O–H groups in total. The Balaban J connectivity index is 3.32. The van der Waals surface area contributed by atoms with E-state index in [2.05, 4.69) is 38.2 Å². The summed E-state index contributed by atoms with van der Waals surface area (Å²) in [5, 5.41) is 0. The van der Waals surface area contributed by atoms with Crippen LogP contribution in [0.4, 0.5) is 0 Å². The molecule has 0 radical (unpaired) electrons. The van der Waals surface area contributed by atoms with E-state index < -0.39 is 0 Å². The van der Waals surface area contributed by atoms with Crippen LogP contribution in [0.5, 0.6) is 0 Å². The Morgan fingerprint density at radius 1 is 0.283 bits per heavy atom. The first-order valence-corrected chi connectivity index (χ1v) is 21.1. The van der Waals surface area contributed by atoms with Crippen LogP contribution in [0.15, 0.2) is 24.3 Å². The molecule has 0 fully saturated rings. The zero-order chi connectivity index (χ0) is 33.4. The molecule has 0 aliphatic heterocycles. The molecule has 0 aromatic rings. The Kier molecular flexibility index (Phi) is 39.0. The Morgan fingerprint density at radius 2 is 0.478 bits per heavy atom. The van der Waals surface area contributed by atoms with Crippen LogP contribution in [0, 0.1) is 0 Å². The van der Waals surface area contributed by atoms with Crippen LogP contribution in [-0.4, -0.2) is 11.6 Å². The smallest absolute Gasteiger partial charge is 0.198 e. The number of Topliss-reactive ketones (excluding diaryl/α,β-unsaturated/α-hetero) is 2. The predicted molar refractivity (Wildman–Crippen MR) is 206 cm³/mol. The topological polar surface area (TPSA) is 34.1 Å². The fraction of sp³-hybridized carbons (Fsp3) is 0.864. The number of rotatable bonds is 39. The SMILES string of the molecule is CCCCCCCCC=CCCCCCCCCCCCC(=O)C(=O)CCCCCCCCCCCC=CCCCCCCCC. The predicted octanol–water partition coefficient (Wildman–Crippen LogP) is 15.3. The van der Waals surface area contributed by atoms with Crippen LogP contribution >= 0.6 is 0 Å². The summed E-state index contributed by atoms with van der Waals surface area (Å²) in [5.74, 6) is -0.225. The summed E-state index contributed by atoms with van der Waals surface area (Å²) >= 11 is 0. The van der Waals surface area contributed by atoms with Gasteiger partial charge in [-0.1, -0.05) is 192 Å². The van der Waals surface area contributed by atoms with Crippen molar-refractivity contribution in [3.63, 3.8) is 0 Å². The number of ketones is 2.